The molecular formula is C13H13N3O4. The van der Waals surface area contributed by atoms with E-state index in [2.05, 4.69) is 5.10 Å². The Morgan fingerprint density at radius 2 is 2.15 bits per heavy atom. The second-order valence-corrected chi connectivity index (χ2v) is 4.51. The summed E-state index contributed by atoms with van der Waals surface area (Å²) in [6.07, 6.45) is 0. The van der Waals surface area contributed by atoms with Crippen LogP contribution in [0.2, 0.25) is 0 Å². The Morgan fingerprint density at radius 1 is 1.30 bits per heavy atom. The average molecular weight is 275 g/mol. The van der Waals surface area contributed by atoms with Gasteiger partial charge in [0.05, 0.1) is 13.2 Å². The van der Waals surface area contributed by atoms with Gasteiger partial charge >= 0.3 is 0 Å². The quantitative estimate of drug-likeness (QED) is 0.753. The fraction of sp³-hybridized carbons (Fsp3) is 0.231. The zero-order chi connectivity index (χ0) is 14.1. The Labute approximate surface area is 113 Å². The largest absolute Gasteiger partial charge is 0.467 e. The number of aromatic amines is 1. The van der Waals surface area contributed by atoms with E-state index in [1.807, 2.05) is 0 Å². The Kier molecular flexibility index (Phi) is 3.03. The van der Waals surface area contributed by atoms with Gasteiger partial charge in [0.1, 0.15) is 5.75 Å². The van der Waals surface area contributed by atoms with Gasteiger partial charge in [-0.3, -0.25) is 14.7 Å². The smallest absolute Gasteiger partial charge is 0.265 e. The summed E-state index contributed by atoms with van der Waals surface area (Å²) in [7, 11) is 0. The summed E-state index contributed by atoms with van der Waals surface area (Å²) in [5.41, 5.74) is 7.31. The first-order chi connectivity index (χ1) is 9.63. The van der Waals surface area contributed by atoms with E-state index >= 15 is 0 Å². The van der Waals surface area contributed by atoms with Gasteiger partial charge in [0, 0.05) is 28.9 Å². The zero-order valence-corrected chi connectivity index (χ0v) is 10.6. The lowest BCUT2D eigenvalue weighted by Gasteiger charge is -2.21. The third-order valence-corrected chi connectivity index (χ3v) is 3.03. The molecule has 0 fully saturated rings. The zero-order valence-electron chi connectivity index (χ0n) is 10.6. The molecular weight excluding hydrogens is 262 g/mol. The first-order valence-corrected chi connectivity index (χ1v) is 6.05. The van der Waals surface area contributed by atoms with Crippen LogP contribution < -0.4 is 21.6 Å². The summed E-state index contributed by atoms with van der Waals surface area (Å²) >= 11 is 0. The van der Waals surface area contributed by atoms with Crippen LogP contribution in [0.3, 0.4) is 0 Å². The van der Waals surface area contributed by atoms with Crippen LogP contribution in [0.15, 0.2) is 33.9 Å². The van der Waals surface area contributed by atoms with Crippen LogP contribution in [0, 0.1) is 0 Å². The first kappa shape index (κ1) is 12.5. The highest BCUT2D eigenvalue weighted by Crippen LogP contribution is 2.30. The van der Waals surface area contributed by atoms with Crippen LogP contribution >= 0.6 is 0 Å². The molecule has 0 aliphatic carbocycles. The van der Waals surface area contributed by atoms with Gasteiger partial charge in [-0.1, -0.05) is 0 Å². The highest BCUT2D eigenvalue weighted by molar-refractivity contribution is 5.53. The molecule has 104 valence electrons. The van der Waals surface area contributed by atoms with E-state index in [4.69, 9.17) is 15.2 Å². The number of benzene rings is 1. The number of rotatable bonds is 2. The van der Waals surface area contributed by atoms with Crippen molar-refractivity contribution in [1.82, 2.24) is 9.78 Å². The predicted octanol–water partition coefficient (Wildman–Crippen LogP) is 0.0336. The molecule has 0 atom stereocenters. The normalized spacial score (nSPS) is 13.6. The molecule has 1 aliphatic rings. The molecule has 1 aliphatic heterocycles. The van der Waals surface area contributed by atoms with Crippen molar-refractivity contribution in [3.63, 3.8) is 0 Å². The van der Waals surface area contributed by atoms with E-state index in [1.54, 1.807) is 12.1 Å². The number of fused-ring (bicyclic) bond motifs is 1. The summed E-state index contributed by atoms with van der Waals surface area (Å²) in [4.78, 5) is 23.0. The van der Waals surface area contributed by atoms with E-state index in [1.165, 1.54) is 16.8 Å². The van der Waals surface area contributed by atoms with Crippen molar-refractivity contribution in [1.29, 1.82) is 0 Å². The van der Waals surface area contributed by atoms with Crippen molar-refractivity contribution in [2.75, 3.05) is 12.5 Å². The number of H-pyrrole nitrogens is 1. The van der Waals surface area contributed by atoms with Crippen molar-refractivity contribution < 1.29 is 9.47 Å². The van der Waals surface area contributed by atoms with Crippen molar-refractivity contribution in [3.8, 4) is 5.75 Å². The van der Waals surface area contributed by atoms with E-state index in [0.717, 1.165) is 11.1 Å². The number of nitrogen functional groups attached to an aromatic ring is 1. The molecule has 20 heavy (non-hydrogen) atoms. The molecule has 7 nitrogen and oxygen atoms in total. The molecule has 0 saturated carbocycles. The molecule has 2 heterocycles. The van der Waals surface area contributed by atoms with Crippen LogP contribution in [-0.4, -0.2) is 16.6 Å². The van der Waals surface area contributed by atoms with Gasteiger partial charge in [0.2, 0.25) is 0 Å². The maximum absolute atomic E-state index is 11.7. The Bertz CT molecular complexity index is 763. The SMILES string of the molecule is Nc1cc2c(c(Cn3[nH]c(=O)ccc3=O)c1)OCOC2. The highest BCUT2D eigenvalue weighted by atomic mass is 16.7. The Hall–Kier alpha value is -2.54. The van der Waals surface area contributed by atoms with Gasteiger partial charge < -0.3 is 15.2 Å². The van der Waals surface area contributed by atoms with Gasteiger partial charge in [-0.15, -0.1) is 0 Å². The van der Waals surface area contributed by atoms with E-state index in [9.17, 15) is 9.59 Å². The van der Waals surface area contributed by atoms with Crippen molar-refractivity contribution >= 4 is 5.69 Å². The summed E-state index contributed by atoms with van der Waals surface area (Å²) in [6.45, 7) is 0.750. The molecule has 0 spiro atoms. The Balaban J connectivity index is 2.06. The monoisotopic (exact) mass is 275 g/mol. The topological polar surface area (TPSA) is 99.3 Å². The number of nitrogens with one attached hydrogen (secondary N) is 1. The highest BCUT2D eigenvalue weighted by Gasteiger charge is 2.16. The molecule has 7 heteroatoms. The summed E-state index contributed by atoms with van der Waals surface area (Å²) in [6, 6.07) is 5.91. The number of aromatic nitrogens is 2. The molecule has 0 bridgehead atoms. The van der Waals surface area contributed by atoms with Crippen LogP contribution in [0.5, 0.6) is 5.75 Å². The van der Waals surface area contributed by atoms with Crippen LogP contribution in [0.1, 0.15) is 11.1 Å². The average Bonchev–Trinajstić information content (AvgIpc) is 2.43. The molecule has 0 amide bonds. The molecule has 3 N–H and O–H groups in total. The van der Waals surface area contributed by atoms with E-state index in [-0.39, 0.29) is 24.5 Å². The molecule has 0 saturated heterocycles. The molecule has 0 unspecified atom stereocenters. The lowest BCUT2D eigenvalue weighted by atomic mass is 10.1. The number of nitrogens with zero attached hydrogens (tertiary/aromatic N) is 1. The van der Waals surface area contributed by atoms with E-state index < -0.39 is 0 Å². The molecule has 1 aromatic heterocycles. The minimum Gasteiger partial charge on any atom is -0.467 e. The fourth-order valence-electron chi connectivity index (χ4n) is 2.19. The second-order valence-electron chi connectivity index (χ2n) is 4.51. The van der Waals surface area contributed by atoms with Gasteiger partial charge in [0.25, 0.3) is 11.1 Å². The minimum atomic E-state index is -0.341. The molecule has 0 radical (unpaired) electrons. The maximum Gasteiger partial charge on any atom is 0.265 e. The van der Waals surface area contributed by atoms with Gasteiger partial charge in [-0.2, -0.15) is 0 Å². The molecule has 1 aromatic carbocycles. The van der Waals surface area contributed by atoms with Gasteiger partial charge in [-0.25, -0.2) is 4.68 Å². The van der Waals surface area contributed by atoms with Crippen molar-refractivity contribution in [2.24, 2.45) is 0 Å². The minimum absolute atomic E-state index is 0.157. The second kappa shape index (κ2) is 4.86. The third kappa shape index (κ3) is 2.30. The van der Waals surface area contributed by atoms with Crippen LogP contribution in [0.25, 0.3) is 0 Å². The standard InChI is InChI=1S/C13H13N3O4/c14-10-3-8(13-9(4-10)6-19-7-20-13)5-16-12(18)2-1-11(17)15-16/h1-4H,5-7,14H2,(H,15,17). The van der Waals surface area contributed by atoms with Crippen molar-refractivity contribution in [3.05, 3.63) is 56.1 Å². The first-order valence-electron chi connectivity index (χ1n) is 6.05. The van der Waals surface area contributed by atoms with Crippen LogP contribution in [-0.2, 0) is 17.9 Å². The fourth-order valence-corrected chi connectivity index (χ4v) is 2.19. The summed E-state index contributed by atoms with van der Waals surface area (Å²) < 4.78 is 11.9. The lowest BCUT2D eigenvalue weighted by molar-refractivity contribution is -0.0170. The van der Waals surface area contributed by atoms with E-state index in [0.29, 0.717) is 18.0 Å². The maximum atomic E-state index is 11.7. The number of hydrogen-bond acceptors (Lipinski definition) is 5. The Morgan fingerprint density at radius 3 is 3.00 bits per heavy atom. The number of nitrogens with two attached hydrogens (primary N) is 1. The number of ether oxygens (including phenoxy) is 2. The summed E-state index contributed by atoms with van der Waals surface area (Å²) in [5.74, 6) is 0.655. The van der Waals surface area contributed by atoms with Gasteiger partial charge in [-0.05, 0) is 12.1 Å². The summed E-state index contributed by atoms with van der Waals surface area (Å²) in [5, 5.41) is 2.47. The number of anilines is 1. The molecule has 3 rings (SSSR count). The lowest BCUT2D eigenvalue weighted by Crippen LogP contribution is -2.28. The van der Waals surface area contributed by atoms with Crippen LogP contribution in [0.4, 0.5) is 5.69 Å². The van der Waals surface area contributed by atoms with Crippen molar-refractivity contribution in [2.45, 2.75) is 13.2 Å². The van der Waals surface area contributed by atoms with Gasteiger partial charge in [0.15, 0.2) is 6.79 Å². The number of hydrogen-bond donors (Lipinski definition) is 2. The third-order valence-electron chi connectivity index (χ3n) is 3.03. The predicted molar refractivity (Wildman–Crippen MR) is 71.6 cm³/mol. The molecule has 2 aromatic rings.